The van der Waals surface area contributed by atoms with Gasteiger partial charge in [-0.15, -0.1) is 0 Å². The topological polar surface area (TPSA) is 58.6 Å². The SMILES string of the molecule is C[C@@H]1CC[C@H](C(=O)N2CCNC(=O)[C@@H]2c2ccccc2Cl)O1. The minimum Gasteiger partial charge on any atom is -0.365 e. The fraction of sp³-hybridized carbons (Fsp3) is 0.500. The number of carbonyl (C=O) groups excluding carboxylic acids is 2. The van der Waals surface area contributed by atoms with E-state index in [2.05, 4.69) is 5.32 Å². The van der Waals surface area contributed by atoms with Crippen molar-refractivity contribution in [2.45, 2.75) is 38.0 Å². The highest BCUT2D eigenvalue weighted by molar-refractivity contribution is 6.31. The van der Waals surface area contributed by atoms with Crippen molar-refractivity contribution in [2.24, 2.45) is 0 Å². The van der Waals surface area contributed by atoms with Crippen LogP contribution in [0.25, 0.3) is 0 Å². The molecule has 0 unspecified atom stereocenters. The molecule has 0 aromatic heterocycles. The van der Waals surface area contributed by atoms with Gasteiger partial charge >= 0.3 is 0 Å². The van der Waals surface area contributed by atoms with Crippen molar-refractivity contribution in [1.82, 2.24) is 10.2 Å². The van der Waals surface area contributed by atoms with Crippen LogP contribution in [0.1, 0.15) is 31.4 Å². The van der Waals surface area contributed by atoms with Crippen LogP contribution in [-0.2, 0) is 14.3 Å². The van der Waals surface area contributed by atoms with Gasteiger partial charge in [-0.2, -0.15) is 0 Å². The Morgan fingerprint density at radius 2 is 2.14 bits per heavy atom. The standard InChI is InChI=1S/C16H19ClN2O3/c1-10-6-7-13(22-10)16(21)19-9-8-18-15(20)14(19)11-4-2-3-5-12(11)17/h2-5,10,13-14H,6-9H2,1H3,(H,18,20)/t10-,13-,14+/m1/s1. The normalized spacial score (nSPS) is 28.5. The highest BCUT2D eigenvalue weighted by atomic mass is 35.5. The summed E-state index contributed by atoms with van der Waals surface area (Å²) in [6.07, 6.45) is 1.21. The van der Waals surface area contributed by atoms with Gasteiger partial charge in [-0.05, 0) is 25.8 Å². The molecule has 0 bridgehead atoms. The molecule has 0 radical (unpaired) electrons. The molecule has 22 heavy (non-hydrogen) atoms. The van der Waals surface area contributed by atoms with Gasteiger partial charge in [0, 0.05) is 23.7 Å². The number of halogens is 1. The van der Waals surface area contributed by atoms with Gasteiger partial charge in [-0.1, -0.05) is 29.8 Å². The minimum atomic E-state index is -0.686. The quantitative estimate of drug-likeness (QED) is 0.905. The predicted octanol–water partition coefficient (Wildman–Crippen LogP) is 1.91. The van der Waals surface area contributed by atoms with Crippen LogP contribution >= 0.6 is 11.6 Å². The smallest absolute Gasteiger partial charge is 0.252 e. The van der Waals surface area contributed by atoms with Gasteiger partial charge < -0.3 is 15.0 Å². The summed E-state index contributed by atoms with van der Waals surface area (Å²) in [5.74, 6) is -0.317. The van der Waals surface area contributed by atoms with E-state index < -0.39 is 12.1 Å². The van der Waals surface area contributed by atoms with Gasteiger partial charge in [0.15, 0.2) is 0 Å². The number of hydrogen-bond donors (Lipinski definition) is 1. The number of benzene rings is 1. The monoisotopic (exact) mass is 322 g/mol. The lowest BCUT2D eigenvalue weighted by Gasteiger charge is -2.36. The molecule has 0 saturated carbocycles. The van der Waals surface area contributed by atoms with Crippen LogP contribution in [0.3, 0.4) is 0 Å². The van der Waals surface area contributed by atoms with E-state index in [0.29, 0.717) is 30.1 Å². The summed E-state index contributed by atoms with van der Waals surface area (Å²) in [6.45, 7) is 2.88. The van der Waals surface area contributed by atoms with E-state index in [1.54, 1.807) is 23.1 Å². The molecule has 1 aromatic rings. The van der Waals surface area contributed by atoms with Crippen molar-refractivity contribution in [3.05, 3.63) is 34.9 Å². The molecule has 0 spiro atoms. The number of piperazine rings is 1. The molecule has 118 valence electrons. The van der Waals surface area contributed by atoms with Crippen molar-refractivity contribution in [1.29, 1.82) is 0 Å². The summed E-state index contributed by atoms with van der Waals surface area (Å²) in [5.41, 5.74) is 0.653. The summed E-state index contributed by atoms with van der Waals surface area (Å²) in [7, 11) is 0. The zero-order valence-corrected chi connectivity index (χ0v) is 13.2. The molecule has 1 N–H and O–H groups in total. The molecule has 2 aliphatic rings. The van der Waals surface area contributed by atoms with Gasteiger partial charge in [0.2, 0.25) is 5.91 Å². The molecule has 2 amide bonds. The van der Waals surface area contributed by atoms with Gasteiger partial charge in [-0.25, -0.2) is 0 Å². The first kappa shape index (κ1) is 15.3. The van der Waals surface area contributed by atoms with E-state index in [0.717, 1.165) is 6.42 Å². The molecule has 5 nitrogen and oxygen atoms in total. The molecule has 2 heterocycles. The summed E-state index contributed by atoms with van der Waals surface area (Å²) >= 11 is 6.23. The maximum atomic E-state index is 12.8. The van der Waals surface area contributed by atoms with Gasteiger partial charge in [0.25, 0.3) is 5.91 Å². The summed E-state index contributed by atoms with van der Waals surface area (Å²) < 4.78 is 5.67. The number of ether oxygens (including phenoxy) is 1. The Labute approximate surface area is 134 Å². The average molecular weight is 323 g/mol. The average Bonchev–Trinajstić information content (AvgIpc) is 2.94. The second-order valence-corrected chi connectivity index (χ2v) is 6.17. The van der Waals surface area contributed by atoms with Gasteiger partial charge in [-0.3, -0.25) is 9.59 Å². The Balaban J connectivity index is 1.89. The molecular weight excluding hydrogens is 304 g/mol. The second-order valence-electron chi connectivity index (χ2n) is 5.76. The molecule has 3 atom stereocenters. The predicted molar refractivity (Wildman–Crippen MR) is 82.5 cm³/mol. The third-order valence-electron chi connectivity index (χ3n) is 4.20. The van der Waals surface area contributed by atoms with Crippen LogP contribution in [0.5, 0.6) is 0 Å². The highest BCUT2D eigenvalue weighted by Crippen LogP contribution is 2.31. The largest absolute Gasteiger partial charge is 0.365 e. The van der Waals surface area contributed by atoms with E-state index in [9.17, 15) is 9.59 Å². The number of hydrogen-bond acceptors (Lipinski definition) is 3. The molecule has 0 aliphatic carbocycles. The zero-order chi connectivity index (χ0) is 15.7. The molecule has 3 rings (SSSR count). The Bertz CT molecular complexity index is 593. The number of nitrogens with zero attached hydrogens (tertiary/aromatic N) is 1. The van der Waals surface area contributed by atoms with E-state index in [1.165, 1.54) is 0 Å². The maximum Gasteiger partial charge on any atom is 0.252 e. The van der Waals surface area contributed by atoms with Crippen LogP contribution in [0.2, 0.25) is 5.02 Å². The van der Waals surface area contributed by atoms with E-state index in [4.69, 9.17) is 16.3 Å². The van der Waals surface area contributed by atoms with E-state index in [1.807, 2.05) is 13.0 Å². The van der Waals surface area contributed by atoms with Crippen molar-refractivity contribution in [2.75, 3.05) is 13.1 Å². The molecule has 2 saturated heterocycles. The Hall–Kier alpha value is -1.59. The van der Waals surface area contributed by atoms with Crippen molar-refractivity contribution in [3.63, 3.8) is 0 Å². The third kappa shape index (κ3) is 2.83. The number of carbonyl (C=O) groups is 2. The molecule has 2 aliphatic heterocycles. The third-order valence-corrected chi connectivity index (χ3v) is 4.55. The summed E-state index contributed by atoms with van der Waals surface area (Å²) in [6, 6.07) is 6.46. The highest BCUT2D eigenvalue weighted by Gasteiger charge is 2.40. The first-order valence-corrected chi connectivity index (χ1v) is 7.94. The Kier molecular flexibility index (Phi) is 4.36. The molecule has 6 heteroatoms. The first-order valence-electron chi connectivity index (χ1n) is 7.56. The van der Waals surface area contributed by atoms with E-state index in [-0.39, 0.29) is 17.9 Å². The van der Waals surface area contributed by atoms with E-state index >= 15 is 0 Å². The zero-order valence-electron chi connectivity index (χ0n) is 12.4. The van der Waals surface area contributed by atoms with Crippen molar-refractivity contribution >= 4 is 23.4 Å². The maximum absolute atomic E-state index is 12.8. The van der Waals surface area contributed by atoms with Crippen LogP contribution in [0.4, 0.5) is 0 Å². The lowest BCUT2D eigenvalue weighted by atomic mass is 10.0. The fourth-order valence-corrected chi connectivity index (χ4v) is 3.32. The second kappa shape index (κ2) is 6.26. The van der Waals surface area contributed by atoms with Crippen LogP contribution < -0.4 is 5.32 Å². The van der Waals surface area contributed by atoms with Crippen LogP contribution in [0.15, 0.2) is 24.3 Å². The van der Waals surface area contributed by atoms with Crippen molar-refractivity contribution in [3.8, 4) is 0 Å². The number of amides is 2. The van der Waals surface area contributed by atoms with Crippen LogP contribution in [0, 0.1) is 0 Å². The van der Waals surface area contributed by atoms with Crippen molar-refractivity contribution < 1.29 is 14.3 Å². The summed E-state index contributed by atoms with van der Waals surface area (Å²) in [4.78, 5) is 26.7. The van der Waals surface area contributed by atoms with Gasteiger partial charge in [0.05, 0.1) is 6.10 Å². The molecular formula is C16H19ClN2O3. The minimum absolute atomic E-state index is 0.0892. The Morgan fingerprint density at radius 3 is 2.82 bits per heavy atom. The Morgan fingerprint density at radius 1 is 1.36 bits per heavy atom. The summed E-state index contributed by atoms with van der Waals surface area (Å²) in [5, 5.41) is 3.30. The molecule has 1 aromatic carbocycles. The number of nitrogens with one attached hydrogen (secondary N) is 1. The fourth-order valence-electron chi connectivity index (χ4n) is 3.08. The van der Waals surface area contributed by atoms with Gasteiger partial charge in [0.1, 0.15) is 12.1 Å². The lowest BCUT2D eigenvalue weighted by Crippen LogP contribution is -2.54. The van der Waals surface area contributed by atoms with Crippen LogP contribution in [-0.4, -0.2) is 42.0 Å². The lowest BCUT2D eigenvalue weighted by molar-refractivity contribution is -0.151. The number of rotatable bonds is 2. The molecule has 2 fully saturated rings. The first-order chi connectivity index (χ1) is 10.6.